The number of halogens is 1. The highest BCUT2D eigenvalue weighted by Gasteiger charge is 2.13. The van der Waals surface area contributed by atoms with Crippen LogP contribution in [0.5, 0.6) is 5.75 Å². The van der Waals surface area contributed by atoms with Crippen LogP contribution < -0.4 is 15.4 Å². The Morgan fingerprint density at radius 1 is 1.26 bits per heavy atom. The lowest BCUT2D eigenvalue weighted by molar-refractivity contribution is -0.385. The van der Waals surface area contributed by atoms with Gasteiger partial charge in [0.2, 0.25) is 0 Å². The van der Waals surface area contributed by atoms with Crippen molar-refractivity contribution in [2.75, 3.05) is 13.6 Å². The largest absolute Gasteiger partial charge is 0.489 e. The van der Waals surface area contributed by atoms with Crippen molar-refractivity contribution in [1.82, 2.24) is 10.6 Å². The number of benzene rings is 2. The van der Waals surface area contributed by atoms with Crippen LogP contribution in [0.15, 0.2) is 53.5 Å². The lowest BCUT2D eigenvalue weighted by Gasteiger charge is -2.20. The zero-order chi connectivity index (χ0) is 19.6. The van der Waals surface area contributed by atoms with E-state index in [1.54, 1.807) is 37.4 Å². The Labute approximate surface area is 157 Å². The van der Waals surface area contributed by atoms with Gasteiger partial charge in [-0.3, -0.25) is 15.1 Å². The second-order valence-electron chi connectivity index (χ2n) is 5.80. The van der Waals surface area contributed by atoms with E-state index in [2.05, 4.69) is 15.6 Å². The van der Waals surface area contributed by atoms with Crippen LogP contribution in [0, 0.1) is 15.9 Å². The van der Waals surface area contributed by atoms with E-state index in [-0.39, 0.29) is 24.2 Å². The van der Waals surface area contributed by atoms with E-state index in [9.17, 15) is 14.5 Å². The fourth-order valence-electron chi connectivity index (χ4n) is 2.45. The van der Waals surface area contributed by atoms with Crippen LogP contribution in [0.2, 0.25) is 0 Å². The average molecular weight is 374 g/mol. The number of rotatable bonds is 8. The molecule has 0 bridgehead atoms. The van der Waals surface area contributed by atoms with Gasteiger partial charge in [-0.25, -0.2) is 4.39 Å². The Balaban J connectivity index is 1.90. The normalized spacial score (nSPS) is 12.3. The van der Waals surface area contributed by atoms with Gasteiger partial charge in [-0.1, -0.05) is 31.2 Å². The van der Waals surface area contributed by atoms with Gasteiger partial charge in [0.05, 0.1) is 11.5 Å². The van der Waals surface area contributed by atoms with Crippen molar-refractivity contribution in [3.8, 4) is 5.75 Å². The van der Waals surface area contributed by atoms with Gasteiger partial charge in [0.25, 0.3) is 5.69 Å². The Kier molecular flexibility index (Phi) is 7.54. The van der Waals surface area contributed by atoms with Crippen LogP contribution in [-0.2, 0) is 6.54 Å². The molecule has 0 saturated heterocycles. The fraction of sp³-hybridized carbons (Fsp3) is 0.316. The summed E-state index contributed by atoms with van der Waals surface area (Å²) in [5, 5.41) is 17.3. The van der Waals surface area contributed by atoms with Gasteiger partial charge in [0, 0.05) is 31.3 Å². The molecule has 144 valence electrons. The molecule has 2 N–H and O–H groups in total. The predicted octanol–water partition coefficient (Wildman–Crippen LogP) is 3.26. The van der Waals surface area contributed by atoms with Gasteiger partial charge in [0.15, 0.2) is 5.96 Å². The number of aliphatic imine (C=N–C) groups is 1. The van der Waals surface area contributed by atoms with Crippen LogP contribution in [0.3, 0.4) is 0 Å². The van der Waals surface area contributed by atoms with Crippen molar-refractivity contribution in [2.45, 2.75) is 26.0 Å². The number of hydrogen-bond acceptors (Lipinski definition) is 4. The lowest BCUT2D eigenvalue weighted by atomic mass is 10.2. The second-order valence-corrected chi connectivity index (χ2v) is 5.80. The molecule has 2 rings (SSSR count). The maximum absolute atomic E-state index is 13.3. The van der Waals surface area contributed by atoms with Crippen molar-refractivity contribution in [3.63, 3.8) is 0 Å². The van der Waals surface area contributed by atoms with E-state index in [0.717, 1.165) is 0 Å². The maximum Gasteiger partial charge on any atom is 0.274 e. The summed E-state index contributed by atoms with van der Waals surface area (Å²) in [6, 6.07) is 12.5. The summed E-state index contributed by atoms with van der Waals surface area (Å²) in [6.07, 6.45) is 0.529. The molecular formula is C19H23FN4O3. The van der Waals surface area contributed by atoms with Crippen LogP contribution in [0.25, 0.3) is 0 Å². The minimum Gasteiger partial charge on any atom is -0.489 e. The first-order valence-electron chi connectivity index (χ1n) is 8.62. The fourth-order valence-corrected chi connectivity index (χ4v) is 2.45. The molecule has 1 unspecified atom stereocenters. The molecule has 0 aliphatic heterocycles. The van der Waals surface area contributed by atoms with E-state index in [0.29, 0.717) is 30.2 Å². The lowest BCUT2D eigenvalue weighted by Crippen LogP contribution is -2.42. The Hall–Kier alpha value is -3.16. The molecule has 0 saturated carbocycles. The zero-order valence-corrected chi connectivity index (χ0v) is 15.3. The minimum absolute atomic E-state index is 0.0568. The van der Waals surface area contributed by atoms with Gasteiger partial charge >= 0.3 is 0 Å². The standard InChI is InChI=1S/C19H23FN4O3/c1-3-16(27-17-9-6-8-15(20)11-17)13-23-19(21-2)22-12-14-7-4-5-10-18(14)24(25)26/h4-11,16H,3,12-13H2,1-2H3,(H2,21,22,23). The van der Waals surface area contributed by atoms with Crippen LogP contribution in [0.4, 0.5) is 10.1 Å². The molecule has 0 heterocycles. The summed E-state index contributed by atoms with van der Waals surface area (Å²) >= 11 is 0. The molecule has 0 aliphatic rings. The third-order valence-electron chi connectivity index (χ3n) is 3.91. The van der Waals surface area contributed by atoms with Gasteiger partial charge in [-0.2, -0.15) is 0 Å². The van der Waals surface area contributed by atoms with E-state index in [4.69, 9.17) is 4.74 Å². The molecule has 2 aromatic carbocycles. The molecule has 2 aromatic rings. The number of ether oxygens (including phenoxy) is 1. The van der Waals surface area contributed by atoms with Crippen molar-refractivity contribution < 1.29 is 14.1 Å². The van der Waals surface area contributed by atoms with Gasteiger partial charge in [0.1, 0.15) is 17.7 Å². The quantitative estimate of drug-likeness (QED) is 0.320. The predicted molar refractivity (Wildman–Crippen MR) is 102 cm³/mol. The molecule has 0 spiro atoms. The van der Waals surface area contributed by atoms with Crippen molar-refractivity contribution in [1.29, 1.82) is 0 Å². The Morgan fingerprint density at radius 2 is 2.04 bits per heavy atom. The molecule has 1 atom stereocenters. The SMILES string of the molecule is CCC(CNC(=NC)NCc1ccccc1[N+](=O)[O-])Oc1cccc(F)c1. The molecule has 0 fully saturated rings. The molecule has 0 amide bonds. The molecule has 0 aliphatic carbocycles. The topological polar surface area (TPSA) is 88.8 Å². The van der Waals surface area contributed by atoms with Gasteiger partial charge < -0.3 is 15.4 Å². The summed E-state index contributed by atoms with van der Waals surface area (Å²) in [7, 11) is 1.61. The summed E-state index contributed by atoms with van der Waals surface area (Å²) < 4.78 is 19.0. The highest BCUT2D eigenvalue weighted by Crippen LogP contribution is 2.17. The highest BCUT2D eigenvalue weighted by atomic mass is 19.1. The third-order valence-corrected chi connectivity index (χ3v) is 3.91. The molecule has 8 heteroatoms. The number of hydrogen-bond donors (Lipinski definition) is 2. The van der Waals surface area contributed by atoms with Crippen LogP contribution in [0.1, 0.15) is 18.9 Å². The van der Waals surface area contributed by atoms with Crippen LogP contribution >= 0.6 is 0 Å². The summed E-state index contributed by atoms with van der Waals surface area (Å²) in [4.78, 5) is 14.8. The van der Waals surface area contributed by atoms with Crippen molar-refractivity contribution in [2.24, 2.45) is 4.99 Å². The molecule has 0 aromatic heterocycles. The number of nitro groups is 1. The third kappa shape index (κ3) is 6.25. The van der Waals surface area contributed by atoms with E-state index in [1.807, 2.05) is 6.92 Å². The smallest absolute Gasteiger partial charge is 0.274 e. The number of nitro benzene ring substituents is 1. The first kappa shape index (κ1) is 20.2. The molecule has 0 radical (unpaired) electrons. The second kappa shape index (κ2) is 10.1. The first-order valence-corrected chi connectivity index (χ1v) is 8.62. The van der Waals surface area contributed by atoms with Crippen LogP contribution in [-0.4, -0.2) is 30.6 Å². The molecule has 7 nitrogen and oxygen atoms in total. The molecular weight excluding hydrogens is 351 g/mol. The van der Waals surface area contributed by atoms with E-state index >= 15 is 0 Å². The Morgan fingerprint density at radius 3 is 2.70 bits per heavy atom. The average Bonchev–Trinajstić information content (AvgIpc) is 2.67. The minimum atomic E-state index is -0.410. The van der Waals surface area contributed by atoms with Gasteiger partial charge in [-0.05, 0) is 18.6 Å². The maximum atomic E-state index is 13.3. The van der Waals surface area contributed by atoms with Crippen molar-refractivity contribution in [3.05, 3.63) is 70.0 Å². The number of nitrogens with one attached hydrogen (secondary N) is 2. The number of nitrogens with zero attached hydrogens (tertiary/aromatic N) is 2. The molecule has 27 heavy (non-hydrogen) atoms. The summed E-state index contributed by atoms with van der Waals surface area (Å²) in [5.74, 6) is 0.609. The summed E-state index contributed by atoms with van der Waals surface area (Å²) in [5.41, 5.74) is 0.620. The Bertz CT molecular complexity index is 798. The first-order chi connectivity index (χ1) is 13.0. The summed E-state index contributed by atoms with van der Waals surface area (Å²) in [6.45, 7) is 2.68. The highest BCUT2D eigenvalue weighted by molar-refractivity contribution is 5.79. The monoisotopic (exact) mass is 374 g/mol. The van der Waals surface area contributed by atoms with E-state index < -0.39 is 4.92 Å². The zero-order valence-electron chi connectivity index (χ0n) is 15.3. The van der Waals surface area contributed by atoms with E-state index in [1.165, 1.54) is 18.2 Å². The van der Waals surface area contributed by atoms with Gasteiger partial charge in [-0.15, -0.1) is 0 Å². The number of guanidine groups is 1. The number of para-hydroxylation sites is 1. The van der Waals surface area contributed by atoms with Crippen molar-refractivity contribution >= 4 is 11.6 Å².